The highest BCUT2D eigenvalue weighted by Crippen LogP contribution is 2.43. The molecule has 2 aromatic carbocycles. The van der Waals surface area contributed by atoms with E-state index in [0.29, 0.717) is 23.7 Å². The van der Waals surface area contributed by atoms with Crippen LogP contribution >= 0.6 is 0 Å². The van der Waals surface area contributed by atoms with E-state index in [4.69, 9.17) is 14.2 Å². The molecule has 0 radical (unpaired) electrons. The molecule has 0 spiro atoms. The third kappa shape index (κ3) is 3.70. The molecule has 0 N–H and O–H groups in total. The zero-order chi connectivity index (χ0) is 23.2. The van der Waals surface area contributed by atoms with Gasteiger partial charge in [-0.1, -0.05) is 12.1 Å². The van der Waals surface area contributed by atoms with Gasteiger partial charge in [0.1, 0.15) is 10.6 Å². The van der Waals surface area contributed by atoms with Crippen LogP contribution < -0.4 is 24.0 Å². The van der Waals surface area contributed by atoms with Crippen molar-refractivity contribution in [2.24, 2.45) is 0 Å². The smallest absolute Gasteiger partial charge is 0.338 e. The van der Waals surface area contributed by atoms with Crippen molar-refractivity contribution in [3.63, 3.8) is 0 Å². The molecule has 2 amide bonds. The topological polar surface area (TPSA) is 91.9 Å². The van der Waals surface area contributed by atoms with E-state index in [1.807, 2.05) is 24.3 Å². The Hall–Kier alpha value is -3.18. The standard InChI is InChI=1S/C22H26N4O6S/c1-23-17-13-19-20(32-15-31-19)14-21(17)33(28,29)26(22(23)27)12-9-24-7-10-25(11-8-24)16-5-3-4-6-18(16)30-2/h3-6,13-14H,7-12,15H2,1-2H3. The normalized spacial score (nSPS) is 19.6. The minimum Gasteiger partial charge on any atom is -0.495 e. The maximum atomic E-state index is 13.3. The van der Waals surface area contributed by atoms with Crippen LogP contribution in [-0.2, 0) is 10.0 Å². The van der Waals surface area contributed by atoms with E-state index in [-0.39, 0.29) is 18.2 Å². The second-order valence-electron chi connectivity index (χ2n) is 8.09. The zero-order valence-electron chi connectivity index (χ0n) is 18.6. The number of hydrogen-bond acceptors (Lipinski definition) is 8. The summed E-state index contributed by atoms with van der Waals surface area (Å²) >= 11 is 0. The zero-order valence-corrected chi connectivity index (χ0v) is 19.4. The fraction of sp³-hybridized carbons (Fsp3) is 0.409. The van der Waals surface area contributed by atoms with E-state index in [2.05, 4.69) is 9.80 Å². The highest BCUT2D eigenvalue weighted by molar-refractivity contribution is 7.90. The van der Waals surface area contributed by atoms with Crippen LogP contribution in [-0.4, -0.2) is 83.9 Å². The summed E-state index contributed by atoms with van der Waals surface area (Å²) in [6.07, 6.45) is 0. The van der Waals surface area contributed by atoms with Crippen LogP contribution in [0.3, 0.4) is 0 Å². The van der Waals surface area contributed by atoms with Gasteiger partial charge in [-0.15, -0.1) is 0 Å². The van der Waals surface area contributed by atoms with Crippen LogP contribution in [0.2, 0.25) is 0 Å². The molecule has 0 atom stereocenters. The van der Waals surface area contributed by atoms with Crippen molar-refractivity contribution >= 4 is 27.4 Å². The molecule has 0 unspecified atom stereocenters. The van der Waals surface area contributed by atoms with Gasteiger partial charge in [0.2, 0.25) is 6.79 Å². The third-order valence-electron chi connectivity index (χ3n) is 6.30. The highest BCUT2D eigenvalue weighted by Gasteiger charge is 2.41. The Bertz CT molecular complexity index is 1180. The van der Waals surface area contributed by atoms with Crippen molar-refractivity contribution in [3.05, 3.63) is 36.4 Å². The van der Waals surface area contributed by atoms with Crippen molar-refractivity contribution in [2.45, 2.75) is 4.90 Å². The first-order valence-corrected chi connectivity index (χ1v) is 12.2. The number of fused-ring (bicyclic) bond motifs is 2. The predicted octanol–water partition coefficient (Wildman–Crippen LogP) is 1.81. The molecule has 10 nitrogen and oxygen atoms in total. The fourth-order valence-electron chi connectivity index (χ4n) is 4.42. The highest BCUT2D eigenvalue weighted by atomic mass is 32.2. The number of ether oxygens (including phenoxy) is 3. The minimum atomic E-state index is -4.00. The van der Waals surface area contributed by atoms with E-state index in [9.17, 15) is 13.2 Å². The second kappa shape index (κ2) is 8.31. The number of sulfonamides is 1. The lowest BCUT2D eigenvalue weighted by molar-refractivity contribution is 0.174. The Morgan fingerprint density at radius 2 is 1.67 bits per heavy atom. The van der Waals surface area contributed by atoms with Gasteiger partial charge >= 0.3 is 6.03 Å². The third-order valence-corrected chi connectivity index (χ3v) is 8.10. The Morgan fingerprint density at radius 3 is 2.39 bits per heavy atom. The molecular formula is C22H26N4O6S. The first-order chi connectivity index (χ1) is 15.9. The molecule has 33 heavy (non-hydrogen) atoms. The molecule has 5 rings (SSSR count). The van der Waals surface area contributed by atoms with Gasteiger partial charge in [0.05, 0.1) is 25.0 Å². The number of methoxy groups -OCH3 is 1. The fourth-order valence-corrected chi connectivity index (χ4v) is 6.03. The number of amides is 2. The van der Waals surface area contributed by atoms with Crippen LogP contribution in [0.15, 0.2) is 41.3 Å². The number of benzene rings is 2. The molecule has 1 saturated heterocycles. The number of piperazine rings is 1. The molecule has 0 aromatic heterocycles. The summed E-state index contributed by atoms with van der Waals surface area (Å²) in [5.41, 5.74) is 1.34. The van der Waals surface area contributed by atoms with Gasteiger partial charge in [0, 0.05) is 51.9 Å². The van der Waals surface area contributed by atoms with Gasteiger partial charge in [0.15, 0.2) is 11.5 Å². The van der Waals surface area contributed by atoms with Crippen LogP contribution in [0.1, 0.15) is 0 Å². The molecule has 1 fully saturated rings. The Kier molecular flexibility index (Phi) is 5.45. The molecule has 3 aliphatic heterocycles. The number of anilines is 2. The first kappa shape index (κ1) is 21.7. The van der Waals surface area contributed by atoms with Gasteiger partial charge in [-0.3, -0.25) is 9.80 Å². The minimum absolute atomic E-state index is 0.0283. The number of carbonyl (C=O) groups excluding carboxylic acids is 1. The summed E-state index contributed by atoms with van der Waals surface area (Å²) in [4.78, 5) is 18.8. The summed E-state index contributed by atoms with van der Waals surface area (Å²) in [5.74, 6) is 1.64. The molecule has 11 heteroatoms. The summed E-state index contributed by atoms with van der Waals surface area (Å²) in [6.45, 7) is 3.64. The van der Waals surface area contributed by atoms with Crippen molar-refractivity contribution < 1.29 is 27.4 Å². The van der Waals surface area contributed by atoms with Crippen molar-refractivity contribution in [1.82, 2.24) is 9.21 Å². The lowest BCUT2D eigenvalue weighted by Gasteiger charge is -2.38. The molecule has 0 saturated carbocycles. The van der Waals surface area contributed by atoms with Crippen LogP contribution in [0.25, 0.3) is 0 Å². The van der Waals surface area contributed by atoms with Gasteiger partial charge < -0.3 is 19.1 Å². The van der Waals surface area contributed by atoms with E-state index in [1.54, 1.807) is 20.2 Å². The summed E-state index contributed by atoms with van der Waals surface area (Å²) in [7, 11) is -0.770. The van der Waals surface area contributed by atoms with Crippen molar-refractivity contribution in [2.75, 3.05) is 70.0 Å². The first-order valence-electron chi connectivity index (χ1n) is 10.7. The summed E-state index contributed by atoms with van der Waals surface area (Å²) in [6, 6.07) is 10.3. The average molecular weight is 475 g/mol. The lowest BCUT2D eigenvalue weighted by Crippen LogP contribution is -2.53. The van der Waals surface area contributed by atoms with Crippen LogP contribution in [0.5, 0.6) is 17.2 Å². The number of urea groups is 1. The number of carbonyl (C=O) groups is 1. The van der Waals surface area contributed by atoms with Gasteiger partial charge in [0.25, 0.3) is 10.0 Å². The van der Waals surface area contributed by atoms with E-state index < -0.39 is 16.1 Å². The number of hydrogen-bond donors (Lipinski definition) is 0. The molecular weight excluding hydrogens is 448 g/mol. The largest absolute Gasteiger partial charge is 0.495 e. The molecule has 0 aliphatic carbocycles. The van der Waals surface area contributed by atoms with Gasteiger partial charge in [-0.2, -0.15) is 0 Å². The maximum Gasteiger partial charge on any atom is 0.338 e. The molecule has 176 valence electrons. The monoisotopic (exact) mass is 474 g/mol. The number of nitrogens with zero attached hydrogens (tertiary/aromatic N) is 4. The Morgan fingerprint density at radius 1 is 0.970 bits per heavy atom. The molecule has 2 aromatic rings. The number of rotatable bonds is 5. The molecule has 3 heterocycles. The Balaban J connectivity index is 1.27. The lowest BCUT2D eigenvalue weighted by atomic mass is 10.2. The van der Waals surface area contributed by atoms with Crippen LogP contribution in [0, 0.1) is 0 Å². The summed E-state index contributed by atoms with van der Waals surface area (Å²) < 4.78 is 43.7. The second-order valence-corrected chi connectivity index (χ2v) is 9.92. The van der Waals surface area contributed by atoms with Crippen LogP contribution in [0.4, 0.5) is 16.2 Å². The van der Waals surface area contributed by atoms with Gasteiger partial charge in [-0.25, -0.2) is 17.5 Å². The Labute approximate surface area is 192 Å². The SMILES string of the molecule is COc1ccccc1N1CCN(CCN2C(=O)N(C)c3cc4c(cc3S2(=O)=O)OCO4)CC1. The van der Waals surface area contributed by atoms with Gasteiger partial charge in [-0.05, 0) is 12.1 Å². The molecule has 0 bridgehead atoms. The van der Waals surface area contributed by atoms with E-state index in [0.717, 1.165) is 41.9 Å². The average Bonchev–Trinajstić information content (AvgIpc) is 3.30. The van der Waals surface area contributed by atoms with Crippen molar-refractivity contribution in [1.29, 1.82) is 0 Å². The van der Waals surface area contributed by atoms with Crippen molar-refractivity contribution in [3.8, 4) is 17.2 Å². The van der Waals surface area contributed by atoms with E-state index >= 15 is 0 Å². The maximum absolute atomic E-state index is 13.3. The molecule has 3 aliphatic rings. The predicted molar refractivity (Wildman–Crippen MR) is 122 cm³/mol. The summed E-state index contributed by atoms with van der Waals surface area (Å²) in [5, 5.41) is 0. The quantitative estimate of drug-likeness (QED) is 0.648. The number of para-hydroxylation sites is 2. The van der Waals surface area contributed by atoms with E-state index in [1.165, 1.54) is 11.0 Å².